The summed E-state index contributed by atoms with van der Waals surface area (Å²) in [6.45, 7) is 1.79. The zero-order chi connectivity index (χ0) is 20.6. The summed E-state index contributed by atoms with van der Waals surface area (Å²) >= 11 is 0. The Morgan fingerprint density at radius 3 is 2.62 bits per heavy atom. The van der Waals surface area contributed by atoms with Crippen molar-refractivity contribution in [2.24, 2.45) is 4.99 Å². The fourth-order valence-corrected chi connectivity index (χ4v) is 4.67. The molecular formula is C21H26N4O3S. The van der Waals surface area contributed by atoms with E-state index in [1.807, 2.05) is 18.2 Å². The fourth-order valence-electron chi connectivity index (χ4n) is 4.11. The number of hydrogen-bond acceptors (Lipinski definition) is 7. The maximum absolute atomic E-state index is 12.1. The number of aliphatic hydroxyl groups excluding tert-OH is 1. The van der Waals surface area contributed by atoms with Crippen molar-refractivity contribution in [3.63, 3.8) is 0 Å². The molecule has 2 N–H and O–H groups in total. The number of fused-ring (bicyclic) bond motifs is 1. The molecule has 2 heterocycles. The minimum Gasteiger partial charge on any atom is -0.391 e. The van der Waals surface area contributed by atoms with Crippen LogP contribution in [0, 0.1) is 6.92 Å². The van der Waals surface area contributed by atoms with Crippen LogP contribution >= 0.6 is 0 Å². The van der Waals surface area contributed by atoms with Gasteiger partial charge in [0.05, 0.1) is 34.8 Å². The lowest BCUT2D eigenvalue weighted by Gasteiger charge is -2.21. The van der Waals surface area contributed by atoms with Crippen LogP contribution < -0.4 is 5.32 Å². The lowest BCUT2D eigenvalue weighted by Crippen LogP contribution is -2.30. The molecule has 29 heavy (non-hydrogen) atoms. The minimum atomic E-state index is -3.56. The summed E-state index contributed by atoms with van der Waals surface area (Å²) in [5.74, 6) is 0.446. The second-order valence-corrected chi connectivity index (χ2v) is 9.79. The number of anilines is 1. The number of sulfone groups is 1. The molecule has 0 saturated heterocycles. The Labute approximate surface area is 171 Å². The average molecular weight is 415 g/mol. The molecule has 2 aliphatic rings. The van der Waals surface area contributed by atoms with Gasteiger partial charge in [-0.05, 0) is 57.1 Å². The SMILES string of the molecule is Cc1nc(S(C)(=O)=O)nc(NC2CCCC2O)c1C1=Nc2ccccc2CCC1. The van der Waals surface area contributed by atoms with Crippen molar-refractivity contribution in [3.8, 4) is 0 Å². The summed E-state index contributed by atoms with van der Waals surface area (Å²) in [6, 6.07) is 7.91. The van der Waals surface area contributed by atoms with E-state index < -0.39 is 15.9 Å². The smallest absolute Gasteiger partial charge is 0.249 e. The van der Waals surface area contributed by atoms with Crippen molar-refractivity contribution < 1.29 is 13.5 Å². The third-order valence-corrected chi connectivity index (χ3v) is 6.44. The first-order valence-corrected chi connectivity index (χ1v) is 11.9. The number of benzene rings is 1. The third kappa shape index (κ3) is 4.18. The number of hydrogen-bond donors (Lipinski definition) is 2. The predicted molar refractivity (Wildman–Crippen MR) is 113 cm³/mol. The van der Waals surface area contributed by atoms with Crippen LogP contribution in [0.4, 0.5) is 11.5 Å². The number of nitrogens with one attached hydrogen (secondary N) is 1. The second-order valence-electron chi connectivity index (χ2n) is 7.88. The first-order chi connectivity index (χ1) is 13.8. The maximum atomic E-state index is 12.1. The van der Waals surface area contributed by atoms with E-state index in [1.165, 1.54) is 5.56 Å². The van der Waals surface area contributed by atoms with Crippen LogP contribution in [0.3, 0.4) is 0 Å². The Balaban J connectivity index is 1.84. The number of aliphatic hydroxyl groups is 1. The van der Waals surface area contributed by atoms with Gasteiger partial charge in [-0.1, -0.05) is 18.2 Å². The van der Waals surface area contributed by atoms with Crippen LogP contribution in [0.2, 0.25) is 0 Å². The number of aryl methyl sites for hydroxylation is 2. The number of para-hydroxylation sites is 1. The molecule has 2 atom stereocenters. The molecule has 1 aromatic heterocycles. The lowest BCUT2D eigenvalue weighted by atomic mass is 10.0. The summed E-state index contributed by atoms with van der Waals surface area (Å²) < 4.78 is 24.2. The Kier molecular flexibility index (Phi) is 5.40. The fraction of sp³-hybridized carbons (Fsp3) is 0.476. The van der Waals surface area contributed by atoms with Crippen LogP contribution in [0.15, 0.2) is 34.4 Å². The molecule has 1 aromatic carbocycles. The Morgan fingerprint density at radius 1 is 1.10 bits per heavy atom. The highest BCUT2D eigenvalue weighted by molar-refractivity contribution is 7.90. The number of rotatable bonds is 4. The number of nitrogens with zero attached hydrogens (tertiary/aromatic N) is 3. The summed E-state index contributed by atoms with van der Waals surface area (Å²) in [5.41, 5.74) is 4.30. The molecule has 0 bridgehead atoms. The van der Waals surface area contributed by atoms with Crippen LogP contribution in [-0.4, -0.2) is 47.6 Å². The Bertz CT molecular complexity index is 1070. The highest BCUT2D eigenvalue weighted by Crippen LogP contribution is 2.31. The van der Waals surface area contributed by atoms with Crippen LogP contribution in [0.1, 0.15) is 48.9 Å². The van der Waals surface area contributed by atoms with Gasteiger partial charge >= 0.3 is 0 Å². The van der Waals surface area contributed by atoms with E-state index in [4.69, 9.17) is 4.99 Å². The Morgan fingerprint density at radius 2 is 1.90 bits per heavy atom. The molecule has 0 radical (unpaired) electrons. The summed E-state index contributed by atoms with van der Waals surface area (Å²) in [6.07, 6.45) is 5.72. The van der Waals surface area contributed by atoms with Gasteiger partial charge < -0.3 is 10.4 Å². The summed E-state index contributed by atoms with van der Waals surface area (Å²) in [7, 11) is -3.56. The van der Waals surface area contributed by atoms with Crippen LogP contribution in [-0.2, 0) is 16.3 Å². The van der Waals surface area contributed by atoms with Crippen LogP contribution in [0.25, 0.3) is 0 Å². The second kappa shape index (κ2) is 7.84. The molecule has 1 saturated carbocycles. The largest absolute Gasteiger partial charge is 0.391 e. The van der Waals surface area contributed by atoms with E-state index in [-0.39, 0.29) is 11.2 Å². The van der Waals surface area contributed by atoms with Gasteiger partial charge in [-0.25, -0.2) is 18.4 Å². The minimum absolute atomic E-state index is 0.158. The highest BCUT2D eigenvalue weighted by atomic mass is 32.2. The maximum Gasteiger partial charge on any atom is 0.249 e. The molecule has 4 rings (SSSR count). The zero-order valence-corrected chi connectivity index (χ0v) is 17.5. The van der Waals surface area contributed by atoms with Crippen molar-refractivity contribution in [1.82, 2.24) is 9.97 Å². The molecule has 0 spiro atoms. The average Bonchev–Trinajstić information content (AvgIpc) is 2.94. The van der Waals surface area contributed by atoms with Gasteiger partial charge in [0.1, 0.15) is 5.82 Å². The van der Waals surface area contributed by atoms with Gasteiger partial charge in [0.15, 0.2) is 0 Å². The van der Waals surface area contributed by atoms with E-state index in [9.17, 15) is 13.5 Å². The monoisotopic (exact) mass is 414 g/mol. The molecule has 7 nitrogen and oxygen atoms in total. The molecule has 0 amide bonds. The molecule has 2 unspecified atom stereocenters. The Hall–Kier alpha value is -2.32. The van der Waals surface area contributed by atoms with Crippen molar-refractivity contribution in [3.05, 3.63) is 41.1 Å². The quantitative estimate of drug-likeness (QED) is 0.746. The van der Waals surface area contributed by atoms with Gasteiger partial charge in [-0.2, -0.15) is 0 Å². The first-order valence-electron chi connectivity index (χ1n) is 10.0. The van der Waals surface area contributed by atoms with E-state index >= 15 is 0 Å². The molecule has 1 fully saturated rings. The van der Waals surface area contributed by atoms with Crippen molar-refractivity contribution in [1.29, 1.82) is 0 Å². The van der Waals surface area contributed by atoms with Crippen molar-refractivity contribution >= 4 is 27.1 Å². The standard InChI is InChI=1S/C21H26N4O3S/c1-13-19(17-11-5-8-14-7-3-4-9-15(14)23-17)20(24-16-10-6-12-18(16)26)25-21(22-13)29(2,27)28/h3-4,7,9,16,18,26H,5-6,8,10-12H2,1-2H3,(H,22,24,25). The molecule has 8 heteroatoms. The molecular weight excluding hydrogens is 388 g/mol. The lowest BCUT2D eigenvalue weighted by molar-refractivity contribution is 0.171. The number of aliphatic imine (C=N–C) groups is 1. The topological polar surface area (TPSA) is 105 Å². The first kappa shape index (κ1) is 20.0. The predicted octanol–water partition coefficient (Wildman–Crippen LogP) is 2.97. The van der Waals surface area contributed by atoms with E-state index in [1.54, 1.807) is 6.92 Å². The number of aromatic nitrogens is 2. The highest BCUT2D eigenvalue weighted by Gasteiger charge is 2.29. The van der Waals surface area contributed by atoms with E-state index in [0.29, 0.717) is 11.5 Å². The van der Waals surface area contributed by atoms with Crippen LogP contribution in [0.5, 0.6) is 0 Å². The van der Waals surface area contributed by atoms with Gasteiger partial charge in [-0.3, -0.25) is 4.99 Å². The van der Waals surface area contributed by atoms with E-state index in [0.717, 1.165) is 61.7 Å². The van der Waals surface area contributed by atoms with Crippen molar-refractivity contribution in [2.45, 2.75) is 62.8 Å². The summed E-state index contributed by atoms with van der Waals surface area (Å²) in [5, 5.41) is 13.4. The summed E-state index contributed by atoms with van der Waals surface area (Å²) in [4.78, 5) is 13.5. The molecule has 1 aliphatic heterocycles. The van der Waals surface area contributed by atoms with Gasteiger partial charge in [0.2, 0.25) is 15.0 Å². The normalized spacial score (nSPS) is 22.0. The molecule has 2 aromatic rings. The molecule has 1 aliphatic carbocycles. The van der Waals surface area contributed by atoms with Gasteiger partial charge in [-0.15, -0.1) is 0 Å². The zero-order valence-electron chi connectivity index (χ0n) is 16.7. The van der Waals surface area contributed by atoms with Gasteiger partial charge in [0, 0.05) is 6.26 Å². The molecule has 154 valence electrons. The third-order valence-electron chi connectivity index (χ3n) is 5.60. The van der Waals surface area contributed by atoms with Crippen molar-refractivity contribution in [2.75, 3.05) is 11.6 Å². The van der Waals surface area contributed by atoms with E-state index in [2.05, 4.69) is 21.4 Å². The van der Waals surface area contributed by atoms with Gasteiger partial charge in [0.25, 0.3) is 0 Å².